The van der Waals surface area contributed by atoms with Gasteiger partial charge in [-0.25, -0.2) is 0 Å². The van der Waals surface area contributed by atoms with Gasteiger partial charge in [0, 0.05) is 29.9 Å². The van der Waals surface area contributed by atoms with Gasteiger partial charge in [-0.15, -0.1) is 0 Å². The lowest BCUT2D eigenvalue weighted by atomic mass is 9.76. The van der Waals surface area contributed by atoms with Gasteiger partial charge in [-0.2, -0.15) is 0 Å². The Hall–Kier alpha value is -1.58. The predicted octanol–water partition coefficient (Wildman–Crippen LogP) is 2.73. The molecule has 1 unspecified atom stereocenters. The number of nitrogens with zero attached hydrogens (tertiary/aromatic N) is 1. The van der Waals surface area contributed by atoms with E-state index in [0.29, 0.717) is 6.42 Å². The molecular weight excluding hydrogens is 252 g/mol. The van der Waals surface area contributed by atoms with E-state index < -0.39 is 0 Å². The lowest BCUT2D eigenvalue weighted by Crippen LogP contribution is -2.37. The van der Waals surface area contributed by atoms with Gasteiger partial charge < -0.3 is 9.88 Å². The molecule has 1 atom stereocenters. The normalized spacial score (nSPS) is 18.8. The van der Waals surface area contributed by atoms with Crippen LogP contribution in [0.4, 0.5) is 0 Å². The maximum Gasteiger partial charge on any atom is 0.242 e. The van der Waals surface area contributed by atoms with E-state index in [9.17, 15) is 9.59 Å². The van der Waals surface area contributed by atoms with Gasteiger partial charge in [0.1, 0.15) is 6.04 Å². The average molecular weight is 276 g/mol. The van der Waals surface area contributed by atoms with Gasteiger partial charge >= 0.3 is 0 Å². The van der Waals surface area contributed by atoms with E-state index in [1.807, 2.05) is 37.6 Å². The summed E-state index contributed by atoms with van der Waals surface area (Å²) in [6.07, 6.45) is 3.28. The van der Waals surface area contributed by atoms with Crippen LogP contribution in [0.1, 0.15) is 63.1 Å². The Kier molecular flexibility index (Phi) is 3.76. The lowest BCUT2D eigenvalue weighted by molar-refractivity contribution is -0.124. The van der Waals surface area contributed by atoms with Crippen molar-refractivity contribution in [1.29, 1.82) is 0 Å². The molecule has 4 heteroatoms. The molecule has 0 aliphatic heterocycles. The van der Waals surface area contributed by atoms with Gasteiger partial charge in [-0.1, -0.05) is 13.8 Å². The third kappa shape index (κ3) is 2.79. The Morgan fingerprint density at radius 1 is 1.30 bits per heavy atom. The first-order valence-electron chi connectivity index (χ1n) is 7.24. The molecule has 2 rings (SSSR count). The van der Waals surface area contributed by atoms with E-state index >= 15 is 0 Å². The number of carbonyl (C=O) groups excluding carboxylic acids is 2. The molecule has 0 saturated carbocycles. The molecule has 1 aliphatic rings. The Morgan fingerprint density at radius 3 is 2.55 bits per heavy atom. The first kappa shape index (κ1) is 14.8. The highest BCUT2D eigenvalue weighted by Gasteiger charge is 2.34. The minimum absolute atomic E-state index is 0.00534. The topological polar surface area (TPSA) is 51.1 Å². The molecule has 0 spiro atoms. The molecule has 0 bridgehead atoms. The molecule has 1 aromatic rings. The zero-order chi connectivity index (χ0) is 15.1. The second kappa shape index (κ2) is 5.08. The predicted molar refractivity (Wildman–Crippen MR) is 78.9 cm³/mol. The number of hydrogen-bond acceptors (Lipinski definition) is 2. The second-order valence-corrected chi connectivity index (χ2v) is 6.86. The Bertz CT molecular complexity index is 541. The highest BCUT2D eigenvalue weighted by atomic mass is 16.2. The number of amides is 1. The molecule has 20 heavy (non-hydrogen) atoms. The first-order chi connectivity index (χ1) is 9.21. The molecular formula is C16H24N2O2. The quantitative estimate of drug-likeness (QED) is 0.923. The van der Waals surface area contributed by atoms with Gasteiger partial charge in [0.05, 0.1) is 0 Å². The van der Waals surface area contributed by atoms with Crippen LogP contribution < -0.4 is 5.32 Å². The third-order valence-corrected chi connectivity index (χ3v) is 3.84. The summed E-state index contributed by atoms with van der Waals surface area (Å²) in [5.41, 5.74) is 1.75. The summed E-state index contributed by atoms with van der Waals surface area (Å²) >= 11 is 0. The molecule has 0 radical (unpaired) electrons. The number of Topliss-reactive ketones (excluding diaryl/α,β-unsaturated/α-hetero) is 1. The van der Waals surface area contributed by atoms with Crippen molar-refractivity contribution in [3.8, 4) is 0 Å². The standard InChI is InChI=1S/C16H24N2O2/c1-10(2)17-15(20)11(3)18-7-6-12-13(18)8-16(4,5)9-14(12)19/h6-7,10-11H,8-9H2,1-5H3,(H,17,20). The van der Waals surface area contributed by atoms with Crippen LogP contribution in [0, 0.1) is 5.41 Å². The van der Waals surface area contributed by atoms with Crippen molar-refractivity contribution in [2.24, 2.45) is 5.41 Å². The fourth-order valence-electron chi connectivity index (χ4n) is 2.86. The summed E-state index contributed by atoms with van der Waals surface area (Å²) in [7, 11) is 0. The van der Waals surface area contributed by atoms with E-state index in [0.717, 1.165) is 17.7 Å². The summed E-state index contributed by atoms with van der Waals surface area (Å²) in [5, 5.41) is 2.92. The monoisotopic (exact) mass is 276 g/mol. The molecule has 0 fully saturated rings. The highest BCUT2D eigenvalue weighted by Crippen LogP contribution is 2.36. The van der Waals surface area contributed by atoms with Crippen molar-refractivity contribution in [1.82, 2.24) is 9.88 Å². The van der Waals surface area contributed by atoms with E-state index in [-0.39, 0.29) is 29.2 Å². The van der Waals surface area contributed by atoms with Crippen molar-refractivity contribution in [2.75, 3.05) is 0 Å². The number of rotatable bonds is 3. The van der Waals surface area contributed by atoms with Crippen molar-refractivity contribution in [3.05, 3.63) is 23.5 Å². The molecule has 0 saturated heterocycles. The van der Waals surface area contributed by atoms with Crippen LogP contribution in [-0.4, -0.2) is 22.3 Å². The summed E-state index contributed by atoms with van der Waals surface area (Å²) in [6, 6.07) is 1.68. The summed E-state index contributed by atoms with van der Waals surface area (Å²) in [6.45, 7) is 9.98. The van der Waals surface area contributed by atoms with E-state index in [2.05, 4.69) is 19.2 Å². The molecule has 0 aromatic carbocycles. The van der Waals surface area contributed by atoms with Gasteiger partial charge in [0.2, 0.25) is 5.91 Å². The smallest absolute Gasteiger partial charge is 0.242 e. The molecule has 1 aromatic heterocycles. The van der Waals surface area contributed by atoms with Crippen LogP contribution in [0.15, 0.2) is 12.3 Å². The Morgan fingerprint density at radius 2 is 1.95 bits per heavy atom. The first-order valence-corrected chi connectivity index (χ1v) is 7.24. The summed E-state index contributed by atoms with van der Waals surface area (Å²) in [5.74, 6) is 0.181. The Balaban J connectivity index is 2.32. The van der Waals surface area contributed by atoms with Gasteiger partial charge in [-0.05, 0) is 38.7 Å². The number of ketones is 1. The molecule has 1 heterocycles. The molecule has 110 valence electrons. The number of nitrogens with one attached hydrogen (secondary N) is 1. The Labute approximate surface area is 120 Å². The molecule has 1 aliphatic carbocycles. The van der Waals surface area contributed by atoms with E-state index in [1.165, 1.54) is 0 Å². The number of hydrogen-bond donors (Lipinski definition) is 1. The van der Waals surface area contributed by atoms with Crippen molar-refractivity contribution in [2.45, 2.75) is 59.5 Å². The minimum Gasteiger partial charge on any atom is -0.352 e. The van der Waals surface area contributed by atoms with Gasteiger partial charge in [0.15, 0.2) is 5.78 Å². The molecule has 1 N–H and O–H groups in total. The maximum atomic E-state index is 12.2. The second-order valence-electron chi connectivity index (χ2n) is 6.86. The van der Waals surface area contributed by atoms with Crippen LogP contribution in [0.25, 0.3) is 0 Å². The van der Waals surface area contributed by atoms with E-state index in [4.69, 9.17) is 0 Å². The molecule has 4 nitrogen and oxygen atoms in total. The summed E-state index contributed by atoms with van der Waals surface area (Å²) in [4.78, 5) is 24.3. The number of carbonyl (C=O) groups is 2. The third-order valence-electron chi connectivity index (χ3n) is 3.84. The van der Waals surface area contributed by atoms with Crippen molar-refractivity contribution < 1.29 is 9.59 Å². The van der Waals surface area contributed by atoms with Crippen LogP contribution in [0.5, 0.6) is 0 Å². The number of aromatic nitrogens is 1. The number of fused-ring (bicyclic) bond motifs is 1. The SMILES string of the molecule is CC(C)NC(=O)C(C)n1ccc2c1CC(C)(C)CC2=O. The van der Waals surface area contributed by atoms with Crippen LogP contribution in [0.2, 0.25) is 0 Å². The van der Waals surface area contributed by atoms with Crippen LogP contribution in [-0.2, 0) is 11.2 Å². The molecule has 1 amide bonds. The maximum absolute atomic E-state index is 12.2. The fraction of sp³-hybridized carbons (Fsp3) is 0.625. The highest BCUT2D eigenvalue weighted by molar-refractivity contribution is 5.99. The van der Waals surface area contributed by atoms with E-state index in [1.54, 1.807) is 0 Å². The van der Waals surface area contributed by atoms with Crippen molar-refractivity contribution >= 4 is 11.7 Å². The fourth-order valence-corrected chi connectivity index (χ4v) is 2.86. The zero-order valence-electron chi connectivity index (χ0n) is 13.0. The zero-order valence-corrected chi connectivity index (χ0v) is 13.0. The largest absolute Gasteiger partial charge is 0.352 e. The van der Waals surface area contributed by atoms with Crippen LogP contribution >= 0.6 is 0 Å². The van der Waals surface area contributed by atoms with Crippen LogP contribution in [0.3, 0.4) is 0 Å². The summed E-state index contributed by atoms with van der Waals surface area (Å²) < 4.78 is 1.95. The minimum atomic E-state index is -0.289. The van der Waals surface area contributed by atoms with Gasteiger partial charge in [-0.3, -0.25) is 9.59 Å². The average Bonchev–Trinajstić information content (AvgIpc) is 2.69. The van der Waals surface area contributed by atoms with Crippen molar-refractivity contribution in [3.63, 3.8) is 0 Å². The lowest BCUT2D eigenvalue weighted by Gasteiger charge is -2.31. The van der Waals surface area contributed by atoms with Gasteiger partial charge in [0.25, 0.3) is 0 Å².